The molecule has 0 unspecified atom stereocenters. The maximum Gasteiger partial charge on any atom is 0.233 e. The molecule has 0 saturated carbocycles. The average Bonchev–Trinajstić information content (AvgIpc) is 2.50. The molecule has 0 aliphatic carbocycles. The fourth-order valence-corrected chi connectivity index (χ4v) is 1.92. The van der Waals surface area contributed by atoms with E-state index < -0.39 is 0 Å². The lowest BCUT2D eigenvalue weighted by molar-refractivity contribution is 1.07. The van der Waals surface area contributed by atoms with E-state index in [0.717, 1.165) is 11.4 Å². The molecule has 0 aliphatic heterocycles. The Bertz CT molecular complexity index is 755. The molecule has 0 saturated heterocycles. The van der Waals surface area contributed by atoms with Crippen LogP contribution < -0.4 is 16.4 Å². The van der Waals surface area contributed by atoms with E-state index in [2.05, 4.69) is 25.6 Å². The second-order valence-electron chi connectivity index (χ2n) is 4.82. The van der Waals surface area contributed by atoms with Crippen molar-refractivity contribution in [3.8, 4) is 0 Å². The smallest absolute Gasteiger partial charge is 0.233 e. The number of nitrogen functional groups attached to an aromatic ring is 1. The van der Waals surface area contributed by atoms with Gasteiger partial charge in [0.15, 0.2) is 0 Å². The normalized spacial score (nSPS) is 10.2. The Kier molecular flexibility index (Phi) is 3.82. The van der Waals surface area contributed by atoms with Gasteiger partial charge in [-0.25, -0.2) is 0 Å². The Morgan fingerprint density at radius 3 is 1.86 bits per heavy atom. The summed E-state index contributed by atoms with van der Waals surface area (Å²) in [5, 5.41) is 6.21. The molecule has 0 radical (unpaired) electrons. The number of hydrogen-bond acceptors (Lipinski definition) is 6. The molecule has 6 nitrogen and oxygen atoms in total. The van der Waals surface area contributed by atoms with Crippen LogP contribution in [0.3, 0.4) is 0 Å². The Morgan fingerprint density at radius 2 is 1.27 bits per heavy atom. The molecule has 3 aromatic rings. The summed E-state index contributed by atoms with van der Waals surface area (Å²) in [5.41, 5.74) is 8.71. The standard InChI is InChI=1S/C16H16N6/c1-11-7-9-13(10-8-11)19-16-21-14(17)20-15(22-16)18-12-5-3-2-4-6-12/h2-10H,1H3,(H4,17,18,19,20,21,22). The molecule has 0 aliphatic rings. The summed E-state index contributed by atoms with van der Waals surface area (Å²) in [6.07, 6.45) is 0. The number of aromatic nitrogens is 3. The maximum atomic E-state index is 5.75. The van der Waals surface area contributed by atoms with E-state index in [1.54, 1.807) is 0 Å². The first kappa shape index (κ1) is 13.8. The van der Waals surface area contributed by atoms with E-state index in [9.17, 15) is 0 Å². The zero-order valence-electron chi connectivity index (χ0n) is 12.1. The summed E-state index contributed by atoms with van der Waals surface area (Å²) in [7, 11) is 0. The van der Waals surface area contributed by atoms with Crippen molar-refractivity contribution in [3.05, 3.63) is 60.2 Å². The van der Waals surface area contributed by atoms with Gasteiger partial charge < -0.3 is 16.4 Å². The molecule has 4 N–H and O–H groups in total. The van der Waals surface area contributed by atoms with Gasteiger partial charge in [-0.15, -0.1) is 0 Å². The van der Waals surface area contributed by atoms with Crippen molar-refractivity contribution in [1.29, 1.82) is 0 Å². The minimum absolute atomic E-state index is 0.156. The Balaban J connectivity index is 1.82. The number of nitrogens with two attached hydrogens (primary N) is 1. The lowest BCUT2D eigenvalue weighted by Gasteiger charge is -2.09. The molecule has 0 atom stereocenters. The van der Waals surface area contributed by atoms with Crippen LogP contribution in [-0.4, -0.2) is 15.0 Å². The quantitative estimate of drug-likeness (QED) is 0.684. The van der Waals surface area contributed by atoms with Crippen molar-refractivity contribution in [2.24, 2.45) is 0 Å². The predicted molar refractivity (Wildman–Crippen MR) is 88.4 cm³/mol. The van der Waals surface area contributed by atoms with Crippen LogP contribution in [0.1, 0.15) is 5.56 Å². The number of aryl methyl sites for hydroxylation is 1. The monoisotopic (exact) mass is 292 g/mol. The van der Waals surface area contributed by atoms with Gasteiger partial charge in [0.05, 0.1) is 0 Å². The van der Waals surface area contributed by atoms with Crippen molar-refractivity contribution < 1.29 is 0 Å². The van der Waals surface area contributed by atoms with Gasteiger partial charge in [0.25, 0.3) is 0 Å². The number of anilines is 5. The predicted octanol–water partition coefficient (Wildman–Crippen LogP) is 3.25. The molecule has 22 heavy (non-hydrogen) atoms. The molecule has 6 heteroatoms. The Morgan fingerprint density at radius 1 is 0.727 bits per heavy atom. The van der Waals surface area contributed by atoms with Gasteiger partial charge in [-0.05, 0) is 31.2 Å². The highest BCUT2D eigenvalue weighted by Crippen LogP contribution is 2.17. The molecular formula is C16H16N6. The fourth-order valence-electron chi connectivity index (χ4n) is 1.92. The summed E-state index contributed by atoms with van der Waals surface area (Å²) >= 11 is 0. The van der Waals surface area contributed by atoms with Crippen molar-refractivity contribution in [1.82, 2.24) is 15.0 Å². The van der Waals surface area contributed by atoms with Crippen molar-refractivity contribution >= 4 is 29.2 Å². The third-order valence-electron chi connectivity index (χ3n) is 2.99. The number of hydrogen-bond donors (Lipinski definition) is 3. The number of benzene rings is 2. The third kappa shape index (κ3) is 3.49. The number of nitrogens with zero attached hydrogens (tertiary/aromatic N) is 3. The minimum atomic E-state index is 0.156. The van der Waals surface area contributed by atoms with Crippen LogP contribution in [0.4, 0.5) is 29.2 Å². The van der Waals surface area contributed by atoms with E-state index in [1.165, 1.54) is 5.56 Å². The first-order chi connectivity index (χ1) is 10.7. The topological polar surface area (TPSA) is 88.8 Å². The molecule has 2 aromatic carbocycles. The molecule has 3 rings (SSSR count). The van der Waals surface area contributed by atoms with Crippen LogP contribution in [0.2, 0.25) is 0 Å². The summed E-state index contributed by atoms with van der Waals surface area (Å²) in [6.45, 7) is 2.03. The molecule has 1 heterocycles. The van der Waals surface area contributed by atoms with Crippen LogP contribution in [-0.2, 0) is 0 Å². The van der Waals surface area contributed by atoms with E-state index in [1.807, 2.05) is 61.5 Å². The lowest BCUT2D eigenvalue weighted by Crippen LogP contribution is -2.06. The molecule has 0 bridgehead atoms. The fraction of sp³-hybridized carbons (Fsp3) is 0.0625. The number of nitrogens with one attached hydrogen (secondary N) is 2. The average molecular weight is 292 g/mol. The van der Waals surface area contributed by atoms with E-state index in [4.69, 9.17) is 5.73 Å². The third-order valence-corrected chi connectivity index (χ3v) is 2.99. The molecule has 0 fully saturated rings. The van der Waals surface area contributed by atoms with Gasteiger partial charge in [-0.1, -0.05) is 35.9 Å². The zero-order valence-corrected chi connectivity index (χ0v) is 12.1. The summed E-state index contributed by atoms with van der Waals surface area (Å²) in [5.74, 6) is 0.950. The van der Waals surface area contributed by atoms with Crippen molar-refractivity contribution in [2.45, 2.75) is 6.92 Å². The molecule has 0 spiro atoms. The van der Waals surface area contributed by atoms with Crippen LogP contribution in [0.25, 0.3) is 0 Å². The van der Waals surface area contributed by atoms with Gasteiger partial charge in [0.2, 0.25) is 17.8 Å². The lowest BCUT2D eigenvalue weighted by atomic mass is 10.2. The van der Waals surface area contributed by atoms with Crippen molar-refractivity contribution in [3.63, 3.8) is 0 Å². The number of rotatable bonds is 4. The largest absolute Gasteiger partial charge is 0.368 e. The molecule has 0 amide bonds. The first-order valence-corrected chi connectivity index (χ1v) is 6.86. The first-order valence-electron chi connectivity index (χ1n) is 6.86. The maximum absolute atomic E-state index is 5.75. The van der Waals surface area contributed by atoms with Gasteiger partial charge in [0, 0.05) is 11.4 Å². The highest BCUT2D eigenvalue weighted by atomic mass is 15.2. The Labute approximate surface area is 128 Å². The summed E-state index contributed by atoms with van der Waals surface area (Å²) in [4.78, 5) is 12.5. The van der Waals surface area contributed by atoms with E-state index in [-0.39, 0.29) is 5.95 Å². The van der Waals surface area contributed by atoms with Crippen LogP contribution in [0.5, 0.6) is 0 Å². The van der Waals surface area contributed by atoms with Gasteiger partial charge in [0.1, 0.15) is 0 Å². The van der Waals surface area contributed by atoms with Gasteiger partial charge in [-0.3, -0.25) is 0 Å². The van der Waals surface area contributed by atoms with Crippen molar-refractivity contribution in [2.75, 3.05) is 16.4 Å². The SMILES string of the molecule is Cc1ccc(Nc2nc(N)nc(Nc3ccccc3)n2)cc1. The van der Waals surface area contributed by atoms with Crippen LogP contribution >= 0.6 is 0 Å². The van der Waals surface area contributed by atoms with Gasteiger partial charge in [-0.2, -0.15) is 15.0 Å². The van der Waals surface area contributed by atoms with Gasteiger partial charge >= 0.3 is 0 Å². The highest BCUT2D eigenvalue weighted by Gasteiger charge is 2.05. The second kappa shape index (κ2) is 6.09. The molecule has 1 aromatic heterocycles. The van der Waals surface area contributed by atoms with Crippen LogP contribution in [0.15, 0.2) is 54.6 Å². The van der Waals surface area contributed by atoms with Crippen LogP contribution in [0, 0.1) is 6.92 Å². The summed E-state index contributed by atoms with van der Waals surface area (Å²) in [6, 6.07) is 17.6. The molecule has 110 valence electrons. The number of para-hydroxylation sites is 1. The zero-order chi connectivity index (χ0) is 15.4. The minimum Gasteiger partial charge on any atom is -0.368 e. The van der Waals surface area contributed by atoms with E-state index >= 15 is 0 Å². The molecular weight excluding hydrogens is 276 g/mol. The second-order valence-corrected chi connectivity index (χ2v) is 4.82. The Hall–Kier alpha value is -3.15. The summed E-state index contributed by atoms with van der Waals surface area (Å²) < 4.78 is 0. The van der Waals surface area contributed by atoms with E-state index in [0.29, 0.717) is 11.9 Å². The highest BCUT2D eigenvalue weighted by molar-refractivity contribution is 5.58.